The van der Waals surface area contributed by atoms with Crippen LogP contribution in [-0.2, 0) is 46.3 Å². The lowest BCUT2D eigenvalue weighted by Gasteiger charge is -2.14. The predicted octanol–water partition coefficient (Wildman–Crippen LogP) is -1.82. The molecule has 22 nitrogen and oxygen atoms in total. The van der Waals surface area contributed by atoms with Crippen LogP contribution in [0.4, 0.5) is 0 Å². The number of benzene rings is 1. The van der Waals surface area contributed by atoms with E-state index < -0.39 is 78.7 Å². The van der Waals surface area contributed by atoms with Crippen molar-refractivity contribution in [1.82, 2.24) is 15.0 Å². The number of carboxylic acid groups (broad SMARTS) is 4. The van der Waals surface area contributed by atoms with Gasteiger partial charge in [0.05, 0.1) is 12.9 Å². The Bertz CT molecular complexity index is 1620. The first-order valence-electron chi connectivity index (χ1n) is 17.6. The van der Waals surface area contributed by atoms with Crippen molar-refractivity contribution in [3.05, 3.63) is 54.2 Å². The summed E-state index contributed by atoms with van der Waals surface area (Å²) in [7, 11) is 0. The van der Waals surface area contributed by atoms with E-state index in [0.29, 0.717) is 25.8 Å². The first-order valence-corrected chi connectivity index (χ1v) is 17.6. The molecular weight excluding hydrogens is 752 g/mol. The van der Waals surface area contributed by atoms with Crippen molar-refractivity contribution in [2.45, 2.75) is 95.5 Å². The Morgan fingerprint density at radius 2 is 1.25 bits per heavy atom. The second-order valence-electron chi connectivity index (χ2n) is 12.9. The Labute approximate surface area is 329 Å². The fourth-order valence-corrected chi connectivity index (χ4v) is 3.90. The highest BCUT2D eigenvalue weighted by Crippen LogP contribution is 2.18. The van der Waals surface area contributed by atoms with Crippen LogP contribution < -0.4 is 40.1 Å². The topological polar surface area (TPSA) is 439 Å². The van der Waals surface area contributed by atoms with Crippen LogP contribution in [0.15, 0.2) is 43.0 Å². The second kappa shape index (κ2) is 29.9. The summed E-state index contributed by atoms with van der Waals surface area (Å²) in [5.41, 5.74) is 39.6. The molecule has 0 fully saturated rings. The fourth-order valence-electron chi connectivity index (χ4n) is 3.90. The van der Waals surface area contributed by atoms with Crippen LogP contribution in [0.25, 0.3) is 10.9 Å². The number of aliphatic hydroxyl groups excluding tert-OH is 1. The number of carbonyl (C=O) groups excluding carboxylic acids is 2. The highest BCUT2D eigenvalue weighted by atomic mass is 16.6. The molecule has 3 aromatic rings. The van der Waals surface area contributed by atoms with Crippen LogP contribution in [0.3, 0.4) is 0 Å². The molecule has 1 aromatic carbocycles. The summed E-state index contributed by atoms with van der Waals surface area (Å²) in [6.07, 6.45) is 7.97. The van der Waals surface area contributed by atoms with E-state index in [0.717, 1.165) is 35.0 Å². The van der Waals surface area contributed by atoms with Gasteiger partial charge in [-0.15, -0.1) is 0 Å². The van der Waals surface area contributed by atoms with Gasteiger partial charge in [-0.05, 0) is 50.3 Å². The van der Waals surface area contributed by atoms with Gasteiger partial charge in [0, 0.05) is 41.8 Å². The second-order valence-corrected chi connectivity index (χ2v) is 12.9. The lowest BCUT2D eigenvalue weighted by Crippen LogP contribution is -2.40. The SMILES string of the molecule is CC(C)C[C@@H](N)C(=O)OC(=O)[C@@H](N)CCCCN.C[C@H](N)C(=O)O.N[C@@H](Cc1cnc[nH]1)C(=O)O.N[C@H](CO)C(=O)O.N[C@H](Cc1c[nH]c2ccccc12)C(=O)O. The Balaban J connectivity index is 0. The van der Waals surface area contributed by atoms with Gasteiger partial charge in [0.2, 0.25) is 0 Å². The van der Waals surface area contributed by atoms with Gasteiger partial charge >= 0.3 is 35.8 Å². The van der Waals surface area contributed by atoms with Crippen molar-refractivity contribution in [3.8, 4) is 0 Å². The molecule has 0 radical (unpaired) electrons. The predicted molar refractivity (Wildman–Crippen MR) is 209 cm³/mol. The molecule has 0 saturated heterocycles. The molecule has 0 aliphatic rings. The number of aromatic nitrogens is 3. The number of aromatic amines is 2. The molecule has 57 heavy (non-hydrogen) atoms. The maximum absolute atomic E-state index is 11.5. The number of para-hydroxylation sites is 1. The van der Waals surface area contributed by atoms with Crippen molar-refractivity contribution in [1.29, 1.82) is 0 Å². The lowest BCUT2D eigenvalue weighted by atomic mass is 10.0. The summed E-state index contributed by atoms with van der Waals surface area (Å²) in [5, 5.41) is 41.9. The minimum Gasteiger partial charge on any atom is -0.480 e. The largest absolute Gasteiger partial charge is 0.480 e. The minimum atomic E-state index is -1.18. The third-order valence-electron chi connectivity index (χ3n) is 7.15. The number of carboxylic acids is 4. The van der Waals surface area contributed by atoms with Gasteiger partial charge in [-0.25, -0.2) is 14.6 Å². The summed E-state index contributed by atoms with van der Waals surface area (Å²) < 4.78 is 4.65. The molecule has 0 aliphatic heterocycles. The number of nitrogens with zero attached hydrogens (tertiary/aromatic N) is 1. The van der Waals surface area contributed by atoms with Gasteiger partial charge in [-0.2, -0.15) is 0 Å². The van der Waals surface area contributed by atoms with Gasteiger partial charge in [0.1, 0.15) is 36.3 Å². The Hall–Kier alpha value is -5.33. The average Bonchev–Trinajstić information content (AvgIpc) is 3.82. The Kier molecular flexibility index (Phi) is 28.2. The molecule has 3 rings (SSSR count). The van der Waals surface area contributed by atoms with E-state index in [1.165, 1.54) is 13.3 Å². The molecule has 0 aliphatic carbocycles. The summed E-state index contributed by atoms with van der Waals surface area (Å²) in [6.45, 7) is 5.35. The molecule has 6 atom stereocenters. The number of aliphatic hydroxyl groups is 1. The van der Waals surface area contributed by atoms with E-state index in [4.69, 9.17) is 65.7 Å². The number of ether oxygens (including phenoxy) is 1. The number of hydrogen-bond acceptors (Lipinski definition) is 16. The maximum Gasteiger partial charge on any atom is 0.330 e. The molecule has 2 heterocycles. The van der Waals surface area contributed by atoms with Gasteiger partial charge in [0.25, 0.3) is 0 Å². The van der Waals surface area contributed by atoms with Crippen LogP contribution in [0.2, 0.25) is 0 Å². The van der Waals surface area contributed by atoms with Gasteiger partial charge < -0.3 is 80.4 Å². The molecule has 22 heteroatoms. The van der Waals surface area contributed by atoms with E-state index in [9.17, 15) is 28.8 Å². The van der Waals surface area contributed by atoms with Crippen LogP contribution in [0.5, 0.6) is 0 Å². The van der Waals surface area contributed by atoms with E-state index in [2.05, 4.69) is 19.7 Å². The molecule has 0 bridgehead atoms. The Morgan fingerprint density at radius 1 is 0.719 bits per heavy atom. The standard InChI is InChI=1S/C12H25N3O3.C11H12N2O2.C6H9N3O2.C3H7NO3.C3H7NO2/c1-8(2)7-10(15)12(17)18-11(16)9(14)5-3-4-6-13;12-9(11(14)15)5-7-6-13-10-4-2-1-3-8(7)10;7-5(6(10)11)1-4-2-8-3-9-4;4-2(1-5)3(6)7;1-2(4)3(5)6/h8-10H,3-7,13-15H2,1-2H3;1-4,6,9,13H,5,12H2,(H,14,15);2-3,5H,1,7H2,(H,8,9)(H,10,11);2,5H,1,4H2,(H,6,7);2H,4H2,1H3,(H,5,6)/t9-,10+;9-;5-;2*2-/m01010/s1. The first-order chi connectivity index (χ1) is 26.6. The number of hydrogen-bond donors (Lipinski definition) is 14. The number of carbonyl (C=O) groups is 6. The van der Waals surface area contributed by atoms with Crippen LogP contribution in [0, 0.1) is 5.92 Å². The van der Waals surface area contributed by atoms with E-state index in [1.54, 1.807) is 6.20 Å². The number of nitrogens with two attached hydrogens (primary N) is 7. The summed E-state index contributed by atoms with van der Waals surface area (Å²) in [4.78, 5) is 72.7. The van der Waals surface area contributed by atoms with E-state index in [1.807, 2.05) is 44.3 Å². The van der Waals surface area contributed by atoms with Crippen LogP contribution in [0.1, 0.15) is 57.7 Å². The minimum absolute atomic E-state index is 0.265. The van der Waals surface area contributed by atoms with Gasteiger partial charge in [-0.1, -0.05) is 38.5 Å². The number of imidazole rings is 1. The molecule has 0 saturated carbocycles. The normalized spacial score (nSPS) is 13.5. The van der Waals surface area contributed by atoms with Crippen molar-refractivity contribution in [2.24, 2.45) is 46.1 Å². The zero-order valence-corrected chi connectivity index (χ0v) is 32.3. The van der Waals surface area contributed by atoms with Crippen molar-refractivity contribution in [2.75, 3.05) is 13.2 Å². The fraction of sp³-hybridized carbons (Fsp3) is 0.514. The van der Waals surface area contributed by atoms with Gasteiger partial charge in [-0.3, -0.25) is 19.2 Å². The smallest absolute Gasteiger partial charge is 0.330 e. The van der Waals surface area contributed by atoms with Crippen LogP contribution >= 0.6 is 0 Å². The Morgan fingerprint density at radius 3 is 1.68 bits per heavy atom. The molecule has 0 spiro atoms. The highest BCUT2D eigenvalue weighted by Gasteiger charge is 2.23. The van der Waals surface area contributed by atoms with E-state index in [-0.39, 0.29) is 12.3 Å². The number of rotatable bonds is 17. The number of aliphatic carboxylic acids is 4. The number of nitrogens with one attached hydrogen (secondary N) is 2. The molecule has 322 valence electrons. The third kappa shape index (κ3) is 25.5. The van der Waals surface area contributed by atoms with Crippen molar-refractivity contribution in [3.63, 3.8) is 0 Å². The maximum atomic E-state index is 11.5. The average molecular weight is 813 g/mol. The molecule has 0 amide bonds. The number of esters is 2. The molecule has 21 N–H and O–H groups in total. The number of H-pyrrole nitrogens is 2. The monoisotopic (exact) mass is 812 g/mol. The summed E-state index contributed by atoms with van der Waals surface area (Å²) >= 11 is 0. The van der Waals surface area contributed by atoms with Crippen molar-refractivity contribution < 1.29 is 59.0 Å². The zero-order valence-electron chi connectivity index (χ0n) is 32.3. The molecule has 2 aromatic heterocycles. The third-order valence-corrected chi connectivity index (χ3v) is 7.15. The highest BCUT2D eigenvalue weighted by molar-refractivity contribution is 5.90. The quantitative estimate of drug-likeness (QED) is 0.0405. The van der Waals surface area contributed by atoms with Crippen molar-refractivity contribution >= 4 is 46.7 Å². The van der Waals surface area contributed by atoms with E-state index >= 15 is 0 Å². The molecular formula is C35H60N10O12. The summed E-state index contributed by atoms with van der Waals surface area (Å²) in [5.74, 6) is -5.27. The summed E-state index contributed by atoms with van der Waals surface area (Å²) in [6, 6.07) is 2.65. The number of unbranched alkanes of at least 4 members (excludes halogenated alkanes) is 1. The zero-order chi connectivity index (χ0) is 44.2. The van der Waals surface area contributed by atoms with Gasteiger partial charge in [0.15, 0.2) is 0 Å². The molecule has 0 unspecified atom stereocenters. The number of fused-ring (bicyclic) bond motifs is 1. The van der Waals surface area contributed by atoms with Crippen LogP contribution in [-0.4, -0.2) is 126 Å². The first kappa shape index (κ1) is 53.8. The lowest BCUT2D eigenvalue weighted by molar-refractivity contribution is -0.162.